The Morgan fingerprint density at radius 1 is 1.26 bits per heavy atom. The van der Waals surface area contributed by atoms with E-state index in [9.17, 15) is 14.3 Å². The molecule has 2 aliphatic rings. The molecule has 0 saturated carbocycles. The van der Waals surface area contributed by atoms with Crippen LogP contribution in [0.3, 0.4) is 0 Å². The van der Waals surface area contributed by atoms with Crippen LogP contribution in [0, 0.1) is 5.82 Å². The van der Waals surface area contributed by atoms with E-state index in [1.807, 2.05) is 30.3 Å². The molecule has 0 saturated heterocycles. The maximum Gasteiger partial charge on any atom is 0.352 e. The number of nitrogens with zero attached hydrogens (tertiary/aromatic N) is 2. The number of carbonyl (C=O) groups is 1. The summed E-state index contributed by atoms with van der Waals surface area (Å²) >= 11 is 0. The van der Waals surface area contributed by atoms with Gasteiger partial charge in [0.1, 0.15) is 23.9 Å². The van der Waals surface area contributed by atoms with Gasteiger partial charge in [0, 0.05) is 6.07 Å². The van der Waals surface area contributed by atoms with E-state index in [-0.39, 0.29) is 11.8 Å². The molecule has 116 valence electrons. The van der Waals surface area contributed by atoms with Gasteiger partial charge in [-0.3, -0.25) is 5.01 Å². The third-order valence-electron chi connectivity index (χ3n) is 4.16. The predicted octanol–water partition coefficient (Wildman–Crippen LogP) is 2.63. The van der Waals surface area contributed by atoms with Crippen molar-refractivity contribution in [2.45, 2.75) is 12.0 Å². The van der Waals surface area contributed by atoms with Gasteiger partial charge >= 0.3 is 5.97 Å². The third kappa shape index (κ3) is 2.14. The molecule has 5 nitrogen and oxygen atoms in total. The fourth-order valence-electron chi connectivity index (χ4n) is 3.16. The largest absolute Gasteiger partial charge is 0.489 e. The summed E-state index contributed by atoms with van der Waals surface area (Å²) in [5, 5.41) is 15.3. The lowest BCUT2D eigenvalue weighted by Crippen LogP contribution is -2.41. The summed E-state index contributed by atoms with van der Waals surface area (Å²) in [6.45, 7) is 0.290. The molecular formula is C17H13FN2O3. The number of fused-ring (bicyclic) bond motifs is 3. The van der Waals surface area contributed by atoms with Crippen molar-refractivity contribution in [3.63, 3.8) is 0 Å². The fourth-order valence-corrected chi connectivity index (χ4v) is 3.16. The van der Waals surface area contributed by atoms with E-state index in [0.29, 0.717) is 18.0 Å². The number of hydrogen-bond donors (Lipinski definition) is 1. The Kier molecular flexibility index (Phi) is 3.04. The van der Waals surface area contributed by atoms with Crippen molar-refractivity contribution in [1.29, 1.82) is 0 Å². The maximum absolute atomic E-state index is 13.6. The average Bonchev–Trinajstić information content (AvgIpc) is 2.96. The Morgan fingerprint density at radius 3 is 2.78 bits per heavy atom. The van der Waals surface area contributed by atoms with Crippen LogP contribution in [-0.4, -0.2) is 29.4 Å². The second-order valence-corrected chi connectivity index (χ2v) is 5.51. The van der Waals surface area contributed by atoms with Crippen LogP contribution < -0.4 is 9.75 Å². The summed E-state index contributed by atoms with van der Waals surface area (Å²) in [4.78, 5) is 11.6. The van der Waals surface area contributed by atoms with Crippen molar-refractivity contribution in [2.24, 2.45) is 5.10 Å². The van der Waals surface area contributed by atoms with Gasteiger partial charge in [-0.15, -0.1) is 0 Å². The monoisotopic (exact) mass is 312 g/mol. The molecule has 4 rings (SSSR count). The predicted molar refractivity (Wildman–Crippen MR) is 82.4 cm³/mol. The summed E-state index contributed by atoms with van der Waals surface area (Å²) < 4.78 is 19.3. The smallest absolute Gasteiger partial charge is 0.352 e. The molecule has 0 bridgehead atoms. The SMILES string of the molecule is O=C(O)C1=NN2c3cc(F)ccc3OCC2C1c1ccccc1. The molecule has 0 aromatic heterocycles. The highest BCUT2D eigenvalue weighted by molar-refractivity contribution is 6.39. The number of ether oxygens (including phenoxy) is 1. The van der Waals surface area contributed by atoms with Crippen molar-refractivity contribution in [2.75, 3.05) is 11.6 Å². The number of rotatable bonds is 2. The number of benzene rings is 2. The van der Waals surface area contributed by atoms with Gasteiger partial charge in [-0.2, -0.15) is 5.10 Å². The third-order valence-corrected chi connectivity index (χ3v) is 4.16. The second kappa shape index (κ2) is 5.08. The minimum absolute atomic E-state index is 0.0434. The van der Waals surface area contributed by atoms with Crippen LogP contribution in [0.1, 0.15) is 11.5 Å². The van der Waals surface area contributed by atoms with Crippen molar-refractivity contribution < 1.29 is 19.0 Å². The molecule has 1 N–H and O–H groups in total. The molecule has 2 aromatic rings. The van der Waals surface area contributed by atoms with Crippen molar-refractivity contribution >= 4 is 17.4 Å². The Balaban J connectivity index is 1.83. The van der Waals surface area contributed by atoms with Crippen LogP contribution in [0.15, 0.2) is 53.6 Å². The van der Waals surface area contributed by atoms with Crippen LogP contribution in [0.25, 0.3) is 0 Å². The van der Waals surface area contributed by atoms with Crippen LogP contribution in [-0.2, 0) is 4.79 Å². The first-order valence-corrected chi connectivity index (χ1v) is 7.23. The van der Waals surface area contributed by atoms with Gasteiger partial charge in [-0.25, -0.2) is 9.18 Å². The van der Waals surface area contributed by atoms with Gasteiger partial charge in [0.05, 0.1) is 12.0 Å². The van der Waals surface area contributed by atoms with E-state index in [4.69, 9.17) is 4.74 Å². The zero-order valence-electron chi connectivity index (χ0n) is 12.0. The molecule has 2 heterocycles. The minimum atomic E-state index is -1.08. The summed E-state index contributed by atoms with van der Waals surface area (Å²) in [6.07, 6.45) is 0. The van der Waals surface area contributed by atoms with E-state index in [1.54, 1.807) is 5.01 Å². The summed E-state index contributed by atoms with van der Waals surface area (Å²) in [5.41, 5.74) is 1.35. The zero-order valence-corrected chi connectivity index (χ0v) is 12.0. The highest BCUT2D eigenvalue weighted by atomic mass is 19.1. The number of aliphatic carboxylic acids is 1. The zero-order chi connectivity index (χ0) is 16.0. The van der Waals surface area contributed by atoms with Gasteiger partial charge < -0.3 is 9.84 Å². The van der Waals surface area contributed by atoms with Crippen molar-refractivity contribution in [3.05, 3.63) is 59.9 Å². The molecule has 0 radical (unpaired) electrons. The van der Waals surface area contributed by atoms with Crippen LogP contribution in [0.2, 0.25) is 0 Å². The van der Waals surface area contributed by atoms with Gasteiger partial charge in [0.25, 0.3) is 0 Å². The lowest BCUT2D eigenvalue weighted by Gasteiger charge is -2.33. The van der Waals surface area contributed by atoms with Crippen LogP contribution in [0.5, 0.6) is 5.75 Å². The molecular weight excluding hydrogens is 299 g/mol. The lowest BCUT2D eigenvalue weighted by molar-refractivity contribution is -0.129. The number of anilines is 1. The summed E-state index contributed by atoms with van der Waals surface area (Å²) in [6, 6.07) is 13.2. The van der Waals surface area contributed by atoms with E-state index in [2.05, 4.69) is 5.10 Å². The number of carboxylic acids is 1. The van der Waals surface area contributed by atoms with E-state index in [0.717, 1.165) is 5.56 Å². The molecule has 0 aliphatic carbocycles. The Hall–Kier alpha value is -2.89. The van der Waals surface area contributed by atoms with Gasteiger partial charge in [-0.05, 0) is 17.7 Å². The Labute approximate surface area is 131 Å². The van der Waals surface area contributed by atoms with Crippen molar-refractivity contribution in [1.82, 2.24) is 0 Å². The first-order chi connectivity index (χ1) is 11.1. The standard InChI is InChI=1S/C17H13FN2O3/c18-11-6-7-14-12(8-11)20-13(9-23-14)15(16(19-20)17(21)22)10-4-2-1-3-5-10/h1-8,13,15H,9H2,(H,21,22). The normalized spacial score (nSPS) is 22.0. The van der Waals surface area contributed by atoms with Crippen LogP contribution >= 0.6 is 0 Å². The number of halogens is 1. The molecule has 0 fully saturated rings. The molecule has 2 atom stereocenters. The van der Waals surface area contributed by atoms with E-state index < -0.39 is 17.7 Å². The minimum Gasteiger partial charge on any atom is -0.489 e. The summed E-state index contributed by atoms with van der Waals surface area (Å²) in [5.74, 6) is -1.41. The molecule has 23 heavy (non-hydrogen) atoms. The van der Waals surface area contributed by atoms with Crippen molar-refractivity contribution in [3.8, 4) is 5.75 Å². The average molecular weight is 312 g/mol. The molecule has 2 aromatic carbocycles. The highest BCUT2D eigenvalue weighted by Crippen LogP contribution is 2.42. The quantitative estimate of drug-likeness (QED) is 0.926. The Bertz CT molecular complexity index is 807. The molecule has 2 aliphatic heterocycles. The summed E-state index contributed by atoms with van der Waals surface area (Å²) in [7, 11) is 0. The van der Waals surface area contributed by atoms with E-state index in [1.165, 1.54) is 18.2 Å². The second-order valence-electron chi connectivity index (χ2n) is 5.51. The number of hydrazone groups is 1. The first kappa shape index (κ1) is 13.8. The van der Waals surface area contributed by atoms with E-state index >= 15 is 0 Å². The Morgan fingerprint density at radius 2 is 2.04 bits per heavy atom. The van der Waals surface area contributed by atoms with Gasteiger partial charge in [-0.1, -0.05) is 30.3 Å². The fraction of sp³-hybridized carbons (Fsp3) is 0.176. The number of carboxylic acid groups (broad SMARTS) is 1. The van der Waals surface area contributed by atoms with Gasteiger partial charge in [0.15, 0.2) is 5.71 Å². The highest BCUT2D eigenvalue weighted by Gasteiger charge is 2.45. The molecule has 0 amide bonds. The lowest BCUT2D eigenvalue weighted by atomic mass is 9.87. The maximum atomic E-state index is 13.6. The van der Waals surface area contributed by atoms with Crippen LogP contribution in [0.4, 0.5) is 10.1 Å². The first-order valence-electron chi connectivity index (χ1n) is 7.23. The molecule has 0 spiro atoms. The van der Waals surface area contributed by atoms with Gasteiger partial charge in [0.2, 0.25) is 0 Å². The topological polar surface area (TPSA) is 62.1 Å². The molecule has 6 heteroatoms. The number of hydrogen-bond acceptors (Lipinski definition) is 4. The molecule has 2 unspecified atom stereocenters.